The average molecular weight is 284 g/mol. The second-order valence-electron chi connectivity index (χ2n) is 4.90. The molecule has 0 radical (unpaired) electrons. The third kappa shape index (κ3) is 3.83. The first kappa shape index (κ1) is 15.1. The fourth-order valence-corrected chi connectivity index (χ4v) is 2.11. The third-order valence-corrected chi connectivity index (χ3v) is 3.39. The van der Waals surface area contributed by atoms with Crippen molar-refractivity contribution in [2.24, 2.45) is 5.73 Å². The van der Waals surface area contributed by atoms with E-state index in [1.807, 2.05) is 61.5 Å². The van der Waals surface area contributed by atoms with Crippen LogP contribution in [0.4, 0.5) is 0 Å². The Bertz CT molecular complexity index is 599. The number of hydrogen-bond donors (Lipinski definition) is 2. The molecule has 1 amide bonds. The Kier molecular flexibility index (Phi) is 4.95. The SMILES string of the molecule is COc1cccc([C@@H](C)NC(=O)C(N)c2ccccc2)c1. The van der Waals surface area contributed by atoms with Crippen LogP contribution >= 0.6 is 0 Å². The van der Waals surface area contributed by atoms with E-state index in [0.717, 1.165) is 16.9 Å². The number of hydrogen-bond acceptors (Lipinski definition) is 3. The quantitative estimate of drug-likeness (QED) is 0.887. The Morgan fingerprint density at radius 1 is 1.10 bits per heavy atom. The molecule has 0 fully saturated rings. The van der Waals surface area contributed by atoms with Crippen LogP contribution in [0.3, 0.4) is 0 Å². The number of amides is 1. The van der Waals surface area contributed by atoms with Crippen molar-refractivity contribution in [1.82, 2.24) is 5.32 Å². The molecule has 0 aromatic heterocycles. The van der Waals surface area contributed by atoms with E-state index in [-0.39, 0.29) is 11.9 Å². The Balaban J connectivity index is 2.04. The number of benzene rings is 2. The highest BCUT2D eigenvalue weighted by molar-refractivity contribution is 5.83. The summed E-state index contributed by atoms with van der Waals surface area (Å²) >= 11 is 0. The topological polar surface area (TPSA) is 64.3 Å². The highest BCUT2D eigenvalue weighted by Crippen LogP contribution is 2.19. The van der Waals surface area contributed by atoms with E-state index in [1.54, 1.807) is 7.11 Å². The van der Waals surface area contributed by atoms with Gasteiger partial charge >= 0.3 is 0 Å². The van der Waals surface area contributed by atoms with Gasteiger partial charge < -0.3 is 15.8 Å². The molecule has 0 spiro atoms. The zero-order valence-electron chi connectivity index (χ0n) is 12.2. The van der Waals surface area contributed by atoms with Gasteiger partial charge in [0.1, 0.15) is 11.8 Å². The first-order valence-corrected chi connectivity index (χ1v) is 6.86. The lowest BCUT2D eigenvalue weighted by Gasteiger charge is -2.18. The Hall–Kier alpha value is -2.33. The van der Waals surface area contributed by atoms with E-state index in [0.29, 0.717) is 0 Å². The molecular formula is C17H20N2O2. The second-order valence-corrected chi connectivity index (χ2v) is 4.90. The van der Waals surface area contributed by atoms with Gasteiger partial charge in [-0.1, -0.05) is 42.5 Å². The summed E-state index contributed by atoms with van der Waals surface area (Å²) in [6.07, 6.45) is 0. The summed E-state index contributed by atoms with van der Waals surface area (Å²) in [7, 11) is 1.62. The maximum atomic E-state index is 12.2. The number of nitrogens with two attached hydrogens (primary N) is 1. The third-order valence-electron chi connectivity index (χ3n) is 3.39. The summed E-state index contributed by atoms with van der Waals surface area (Å²) in [5.74, 6) is 0.567. The fourth-order valence-electron chi connectivity index (χ4n) is 2.11. The van der Waals surface area contributed by atoms with Crippen molar-refractivity contribution in [1.29, 1.82) is 0 Å². The summed E-state index contributed by atoms with van der Waals surface area (Å²) in [4.78, 5) is 12.2. The molecule has 0 heterocycles. The van der Waals surface area contributed by atoms with Crippen molar-refractivity contribution >= 4 is 5.91 Å². The van der Waals surface area contributed by atoms with Crippen molar-refractivity contribution in [3.63, 3.8) is 0 Å². The number of nitrogens with one attached hydrogen (secondary N) is 1. The molecule has 4 nitrogen and oxygen atoms in total. The molecule has 0 aliphatic carbocycles. The van der Waals surface area contributed by atoms with Gasteiger partial charge in [0, 0.05) is 0 Å². The monoisotopic (exact) mass is 284 g/mol. The number of methoxy groups -OCH3 is 1. The zero-order chi connectivity index (χ0) is 15.2. The number of carbonyl (C=O) groups is 1. The van der Waals surface area contributed by atoms with E-state index in [2.05, 4.69) is 5.32 Å². The lowest BCUT2D eigenvalue weighted by atomic mass is 10.0. The maximum absolute atomic E-state index is 12.2. The Labute approximate surface area is 124 Å². The van der Waals surface area contributed by atoms with Crippen LogP contribution in [0.25, 0.3) is 0 Å². The molecule has 0 aliphatic heterocycles. The van der Waals surface area contributed by atoms with Crippen molar-refractivity contribution < 1.29 is 9.53 Å². The van der Waals surface area contributed by atoms with Crippen molar-refractivity contribution in [3.05, 3.63) is 65.7 Å². The molecule has 110 valence electrons. The van der Waals surface area contributed by atoms with Gasteiger partial charge in [-0.2, -0.15) is 0 Å². The smallest absolute Gasteiger partial charge is 0.241 e. The highest BCUT2D eigenvalue weighted by atomic mass is 16.5. The van der Waals surface area contributed by atoms with Gasteiger partial charge in [0.05, 0.1) is 13.2 Å². The molecule has 2 atom stereocenters. The normalized spacial score (nSPS) is 13.3. The molecule has 2 aromatic carbocycles. The minimum Gasteiger partial charge on any atom is -0.497 e. The summed E-state index contributed by atoms with van der Waals surface area (Å²) in [6, 6.07) is 16.1. The molecular weight excluding hydrogens is 264 g/mol. The van der Waals surface area contributed by atoms with Gasteiger partial charge in [-0.05, 0) is 30.2 Å². The lowest BCUT2D eigenvalue weighted by Crippen LogP contribution is -2.35. The van der Waals surface area contributed by atoms with Gasteiger partial charge in [0.15, 0.2) is 0 Å². The van der Waals surface area contributed by atoms with Crippen molar-refractivity contribution in [2.75, 3.05) is 7.11 Å². The predicted octanol–water partition coefficient (Wildman–Crippen LogP) is 2.57. The predicted molar refractivity (Wildman–Crippen MR) is 82.9 cm³/mol. The molecule has 2 aromatic rings. The van der Waals surface area contributed by atoms with E-state index in [9.17, 15) is 4.79 Å². The molecule has 0 aliphatic rings. The second kappa shape index (κ2) is 6.90. The molecule has 21 heavy (non-hydrogen) atoms. The van der Waals surface area contributed by atoms with Gasteiger partial charge in [0.25, 0.3) is 0 Å². The molecule has 0 bridgehead atoms. The number of rotatable bonds is 5. The van der Waals surface area contributed by atoms with Crippen LogP contribution in [0.5, 0.6) is 5.75 Å². The van der Waals surface area contributed by atoms with Crippen LogP contribution < -0.4 is 15.8 Å². The molecule has 2 rings (SSSR count). The van der Waals surface area contributed by atoms with Gasteiger partial charge in [0.2, 0.25) is 5.91 Å². The van der Waals surface area contributed by atoms with Crippen LogP contribution in [0.1, 0.15) is 30.1 Å². The summed E-state index contributed by atoms with van der Waals surface area (Å²) < 4.78 is 5.19. The lowest BCUT2D eigenvalue weighted by molar-refractivity contribution is -0.123. The van der Waals surface area contributed by atoms with Crippen LogP contribution in [0.2, 0.25) is 0 Å². The number of carbonyl (C=O) groups excluding carboxylic acids is 1. The minimum atomic E-state index is -0.667. The summed E-state index contributed by atoms with van der Waals surface area (Å²) in [5, 5.41) is 2.93. The highest BCUT2D eigenvalue weighted by Gasteiger charge is 2.18. The molecule has 3 N–H and O–H groups in total. The standard InChI is InChI=1S/C17H20N2O2/c1-12(14-9-6-10-15(11-14)21-2)19-17(20)16(18)13-7-4-3-5-8-13/h3-12,16H,18H2,1-2H3,(H,19,20)/t12-,16?/m1/s1. The van der Waals surface area contributed by atoms with Crippen molar-refractivity contribution in [2.45, 2.75) is 19.0 Å². The van der Waals surface area contributed by atoms with E-state index < -0.39 is 6.04 Å². The Morgan fingerprint density at radius 2 is 1.76 bits per heavy atom. The molecule has 0 saturated heterocycles. The summed E-state index contributed by atoms with van der Waals surface area (Å²) in [6.45, 7) is 1.92. The van der Waals surface area contributed by atoms with E-state index >= 15 is 0 Å². The molecule has 0 saturated carbocycles. The van der Waals surface area contributed by atoms with Gasteiger partial charge in [-0.3, -0.25) is 4.79 Å². The van der Waals surface area contributed by atoms with Gasteiger partial charge in [-0.15, -0.1) is 0 Å². The van der Waals surface area contributed by atoms with Crippen LogP contribution in [-0.4, -0.2) is 13.0 Å². The maximum Gasteiger partial charge on any atom is 0.241 e. The summed E-state index contributed by atoms with van der Waals surface area (Å²) in [5.41, 5.74) is 7.76. The van der Waals surface area contributed by atoms with E-state index in [4.69, 9.17) is 10.5 Å². The fraction of sp³-hybridized carbons (Fsp3) is 0.235. The van der Waals surface area contributed by atoms with Crippen molar-refractivity contribution in [3.8, 4) is 5.75 Å². The average Bonchev–Trinajstić information content (AvgIpc) is 2.54. The molecule has 1 unspecified atom stereocenters. The first-order valence-electron chi connectivity index (χ1n) is 6.86. The largest absolute Gasteiger partial charge is 0.497 e. The first-order chi connectivity index (χ1) is 10.1. The molecule has 4 heteroatoms. The Morgan fingerprint density at radius 3 is 2.43 bits per heavy atom. The van der Waals surface area contributed by atoms with E-state index in [1.165, 1.54) is 0 Å². The zero-order valence-corrected chi connectivity index (χ0v) is 12.2. The van der Waals surface area contributed by atoms with Crippen LogP contribution in [0, 0.1) is 0 Å². The van der Waals surface area contributed by atoms with Gasteiger partial charge in [-0.25, -0.2) is 0 Å². The minimum absolute atomic E-state index is 0.137. The van der Waals surface area contributed by atoms with Crippen LogP contribution in [-0.2, 0) is 4.79 Å². The van der Waals surface area contributed by atoms with Crippen LogP contribution in [0.15, 0.2) is 54.6 Å². The number of ether oxygens (including phenoxy) is 1.